The van der Waals surface area contributed by atoms with Gasteiger partial charge in [0.25, 0.3) is 5.91 Å². The van der Waals surface area contributed by atoms with Gasteiger partial charge >= 0.3 is 0 Å². The second-order valence-corrected chi connectivity index (χ2v) is 5.42. The Kier molecular flexibility index (Phi) is 4.75. The molecule has 0 atom stereocenters. The lowest BCUT2D eigenvalue weighted by atomic mass is 10.1. The summed E-state index contributed by atoms with van der Waals surface area (Å²) in [4.78, 5) is 18.5. The van der Waals surface area contributed by atoms with E-state index in [9.17, 15) is 4.79 Å². The molecule has 0 aromatic carbocycles. The summed E-state index contributed by atoms with van der Waals surface area (Å²) in [5, 5.41) is 8.70. The largest absolute Gasteiger partial charge is 0.384 e. The lowest BCUT2D eigenvalue weighted by Crippen LogP contribution is -2.38. The summed E-state index contributed by atoms with van der Waals surface area (Å²) in [7, 11) is 0. The topological polar surface area (TPSA) is 53.4 Å². The van der Waals surface area contributed by atoms with E-state index in [-0.39, 0.29) is 18.6 Å². The zero-order chi connectivity index (χ0) is 14.5. The number of hydrogen-bond donors (Lipinski definition) is 1. The van der Waals surface area contributed by atoms with Crippen LogP contribution in [0.15, 0.2) is 18.5 Å². The van der Waals surface area contributed by atoms with E-state index in [0.717, 1.165) is 6.54 Å². The summed E-state index contributed by atoms with van der Waals surface area (Å²) in [6.45, 7) is 4.69. The molecule has 0 aliphatic heterocycles. The molecule has 0 spiro atoms. The van der Waals surface area contributed by atoms with Gasteiger partial charge in [-0.25, -0.2) is 0 Å². The van der Waals surface area contributed by atoms with Gasteiger partial charge in [0.1, 0.15) is 6.61 Å². The van der Waals surface area contributed by atoms with Crippen LogP contribution < -0.4 is 0 Å². The number of nitrogens with zero attached hydrogens (tertiary/aromatic N) is 2. The van der Waals surface area contributed by atoms with E-state index in [1.165, 1.54) is 12.8 Å². The van der Waals surface area contributed by atoms with E-state index in [1.807, 2.05) is 18.7 Å². The summed E-state index contributed by atoms with van der Waals surface area (Å²) in [6, 6.07) is 1.91. The van der Waals surface area contributed by atoms with Crippen molar-refractivity contribution in [2.75, 3.05) is 13.2 Å². The van der Waals surface area contributed by atoms with Crippen molar-refractivity contribution in [2.24, 2.45) is 5.92 Å². The first-order valence-electron chi connectivity index (χ1n) is 6.97. The van der Waals surface area contributed by atoms with Gasteiger partial charge in [-0.15, -0.1) is 0 Å². The SMILES string of the molecule is CC(C)N(CC1CC1)C(=O)c1cncc(C#CCO)c1. The fourth-order valence-corrected chi connectivity index (χ4v) is 2.04. The molecule has 1 aliphatic rings. The standard InChI is InChI=1S/C16H20N2O2/c1-12(2)18(11-13-5-6-13)16(20)15-8-14(4-3-7-19)9-17-10-15/h8-10,12-13,19H,5-7,11H2,1-2H3. The van der Waals surface area contributed by atoms with Gasteiger partial charge in [0.2, 0.25) is 0 Å². The quantitative estimate of drug-likeness (QED) is 0.849. The van der Waals surface area contributed by atoms with E-state index in [1.54, 1.807) is 18.5 Å². The molecule has 1 amide bonds. The van der Waals surface area contributed by atoms with E-state index in [0.29, 0.717) is 17.0 Å². The van der Waals surface area contributed by atoms with Crippen LogP contribution in [0.2, 0.25) is 0 Å². The summed E-state index contributed by atoms with van der Waals surface area (Å²) in [5.74, 6) is 6.01. The third-order valence-electron chi connectivity index (χ3n) is 3.33. The van der Waals surface area contributed by atoms with Crippen LogP contribution >= 0.6 is 0 Å². The molecule has 1 N–H and O–H groups in total. The fourth-order valence-electron chi connectivity index (χ4n) is 2.04. The first kappa shape index (κ1) is 14.5. The first-order chi connectivity index (χ1) is 9.61. The van der Waals surface area contributed by atoms with Crippen LogP contribution in [-0.2, 0) is 0 Å². The molecule has 1 aromatic rings. The number of aliphatic hydroxyl groups is 1. The Morgan fingerprint density at radius 1 is 1.50 bits per heavy atom. The number of hydrogen-bond acceptors (Lipinski definition) is 3. The van der Waals surface area contributed by atoms with Crippen LogP contribution in [0.5, 0.6) is 0 Å². The van der Waals surface area contributed by atoms with Gasteiger partial charge < -0.3 is 10.0 Å². The van der Waals surface area contributed by atoms with Gasteiger partial charge in [-0.1, -0.05) is 11.8 Å². The van der Waals surface area contributed by atoms with Crippen molar-refractivity contribution in [3.05, 3.63) is 29.6 Å². The summed E-state index contributed by atoms with van der Waals surface area (Å²) in [5.41, 5.74) is 1.21. The Hall–Kier alpha value is -1.86. The highest BCUT2D eigenvalue weighted by atomic mass is 16.2. The highest BCUT2D eigenvalue weighted by molar-refractivity contribution is 5.94. The molecule has 0 bridgehead atoms. The predicted octanol–water partition coefficient (Wildman–Crippen LogP) is 1.69. The molecule has 0 radical (unpaired) electrons. The maximum absolute atomic E-state index is 12.6. The van der Waals surface area contributed by atoms with Crippen LogP contribution in [-0.4, -0.2) is 40.1 Å². The van der Waals surface area contributed by atoms with Crippen LogP contribution in [0.4, 0.5) is 0 Å². The zero-order valence-electron chi connectivity index (χ0n) is 12.0. The van der Waals surface area contributed by atoms with E-state index >= 15 is 0 Å². The Bertz CT molecular complexity index is 539. The van der Waals surface area contributed by atoms with Crippen molar-refractivity contribution in [3.8, 4) is 11.8 Å². The Morgan fingerprint density at radius 3 is 2.85 bits per heavy atom. The second-order valence-electron chi connectivity index (χ2n) is 5.42. The average Bonchev–Trinajstić information content (AvgIpc) is 3.26. The number of aromatic nitrogens is 1. The molecule has 4 nitrogen and oxygen atoms in total. The number of amides is 1. The second kappa shape index (κ2) is 6.53. The van der Waals surface area contributed by atoms with Crippen molar-refractivity contribution in [3.63, 3.8) is 0 Å². The number of carbonyl (C=O) groups is 1. The lowest BCUT2D eigenvalue weighted by molar-refractivity contribution is 0.0695. The van der Waals surface area contributed by atoms with Crippen molar-refractivity contribution < 1.29 is 9.90 Å². The number of rotatable bonds is 4. The zero-order valence-corrected chi connectivity index (χ0v) is 12.0. The Labute approximate surface area is 119 Å². The normalized spacial score (nSPS) is 13.8. The third kappa shape index (κ3) is 3.82. The van der Waals surface area contributed by atoms with Gasteiger partial charge in [0, 0.05) is 30.5 Å². The summed E-state index contributed by atoms with van der Waals surface area (Å²) in [6.07, 6.45) is 5.61. The summed E-state index contributed by atoms with van der Waals surface area (Å²) >= 11 is 0. The molecular formula is C16H20N2O2. The predicted molar refractivity (Wildman–Crippen MR) is 77.1 cm³/mol. The van der Waals surface area contributed by atoms with Gasteiger partial charge in [0.15, 0.2) is 0 Å². The monoisotopic (exact) mass is 272 g/mol. The third-order valence-corrected chi connectivity index (χ3v) is 3.33. The minimum atomic E-state index is -0.196. The Morgan fingerprint density at radius 2 is 2.25 bits per heavy atom. The van der Waals surface area contributed by atoms with Crippen LogP contribution in [0.25, 0.3) is 0 Å². The highest BCUT2D eigenvalue weighted by Crippen LogP contribution is 2.30. The van der Waals surface area contributed by atoms with E-state index < -0.39 is 0 Å². The molecule has 20 heavy (non-hydrogen) atoms. The number of carbonyl (C=O) groups excluding carboxylic acids is 1. The molecule has 4 heteroatoms. The average molecular weight is 272 g/mol. The lowest BCUT2D eigenvalue weighted by Gasteiger charge is -2.26. The van der Waals surface area contributed by atoms with Gasteiger partial charge in [-0.2, -0.15) is 0 Å². The molecule has 1 heterocycles. The molecule has 1 aromatic heterocycles. The molecule has 2 rings (SSSR count). The van der Waals surface area contributed by atoms with Crippen LogP contribution in [0, 0.1) is 17.8 Å². The maximum atomic E-state index is 12.6. The smallest absolute Gasteiger partial charge is 0.255 e. The summed E-state index contributed by atoms with van der Waals surface area (Å²) < 4.78 is 0. The fraction of sp³-hybridized carbons (Fsp3) is 0.500. The molecule has 1 aliphatic carbocycles. The number of pyridine rings is 1. The van der Waals surface area contributed by atoms with Crippen molar-refractivity contribution in [1.82, 2.24) is 9.88 Å². The van der Waals surface area contributed by atoms with Crippen LogP contribution in [0.3, 0.4) is 0 Å². The maximum Gasteiger partial charge on any atom is 0.255 e. The molecule has 106 valence electrons. The number of aliphatic hydroxyl groups excluding tert-OH is 1. The minimum absolute atomic E-state index is 0.00653. The van der Waals surface area contributed by atoms with Gasteiger partial charge in [-0.3, -0.25) is 9.78 Å². The van der Waals surface area contributed by atoms with Gasteiger partial charge in [0.05, 0.1) is 5.56 Å². The molecule has 1 fully saturated rings. The molecule has 0 saturated heterocycles. The molecule has 1 saturated carbocycles. The van der Waals surface area contributed by atoms with Gasteiger partial charge in [-0.05, 0) is 38.7 Å². The van der Waals surface area contributed by atoms with Crippen molar-refractivity contribution in [2.45, 2.75) is 32.7 Å². The van der Waals surface area contributed by atoms with E-state index in [2.05, 4.69) is 16.8 Å². The van der Waals surface area contributed by atoms with Crippen LogP contribution in [0.1, 0.15) is 42.6 Å². The molecule has 0 unspecified atom stereocenters. The first-order valence-corrected chi connectivity index (χ1v) is 6.97. The van der Waals surface area contributed by atoms with Crippen molar-refractivity contribution >= 4 is 5.91 Å². The highest BCUT2D eigenvalue weighted by Gasteiger charge is 2.28. The van der Waals surface area contributed by atoms with E-state index in [4.69, 9.17) is 5.11 Å². The van der Waals surface area contributed by atoms with Crippen molar-refractivity contribution in [1.29, 1.82) is 0 Å². The molecular weight excluding hydrogens is 252 g/mol. The minimum Gasteiger partial charge on any atom is -0.384 e. The Balaban J connectivity index is 2.17.